The van der Waals surface area contributed by atoms with E-state index in [0.717, 1.165) is 60.5 Å². The van der Waals surface area contributed by atoms with E-state index in [1.807, 2.05) is 36.4 Å². The van der Waals surface area contributed by atoms with Gasteiger partial charge in [-0.2, -0.15) is 0 Å². The molecule has 0 N–H and O–H groups in total. The SMILES string of the molecule is Fc1cccc(-c2cnnnc2-c2ccccc2-c2c(-c3ccccc3-c3ccccc3)ccc3sc4ccccc4c23)c1F. The Morgan fingerprint density at radius 2 is 1.18 bits per heavy atom. The average molecular weight is 604 g/mol. The van der Waals surface area contributed by atoms with Crippen molar-refractivity contribution in [2.24, 2.45) is 0 Å². The zero-order valence-electron chi connectivity index (χ0n) is 23.8. The molecule has 6 aromatic carbocycles. The fraction of sp³-hybridized carbons (Fsp3) is 0. The van der Waals surface area contributed by atoms with E-state index in [2.05, 4.69) is 94.3 Å². The van der Waals surface area contributed by atoms with Crippen molar-refractivity contribution in [2.75, 3.05) is 0 Å². The molecule has 0 aliphatic heterocycles. The largest absolute Gasteiger partial charge is 0.204 e. The summed E-state index contributed by atoms with van der Waals surface area (Å²) in [5.41, 5.74) is 7.92. The second-order valence-corrected chi connectivity index (χ2v) is 11.8. The van der Waals surface area contributed by atoms with Crippen molar-refractivity contribution in [1.29, 1.82) is 0 Å². The van der Waals surface area contributed by atoms with Crippen LogP contribution in [0.3, 0.4) is 0 Å². The number of nitrogens with zero attached hydrogens (tertiary/aromatic N) is 3. The van der Waals surface area contributed by atoms with Crippen LogP contribution in [0, 0.1) is 11.6 Å². The Morgan fingerprint density at radius 3 is 2.02 bits per heavy atom. The minimum Gasteiger partial charge on any atom is -0.204 e. The highest BCUT2D eigenvalue weighted by atomic mass is 32.1. The number of benzene rings is 6. The second-order valence-electron chi connectivity index (χ2n) is 10.7. The minimum absolute atomic E-state index is 0.0797. The van der Waals surface area contributed by atoms with Crippen LogP contribution in [0.25, 0.3) is 75.9 Å². The van der Waals surface area contributed by atoms with Crippen LogP contribution in [0.15, 0.2) is 140 Å². The molecule has 0 saturated heterocycles. The number of halogens is 2. The summed E-state index contributed by atoms with van der Waals surface area (Å²) in [5.74, 6) is -1.88. The number of hydrogen-bond donors (Lipinski definition) is 0. The predicted molar refractivity (Wildman–Crippen MR) is 180 cm³/mol. The fourth-order valence-corrected chi connectivity index (χ4v) is 7.31. The van der Waals surface area contributed by atoms with Gasteiger partial charge in [0, 0.05) is 36.9 Å². The smallest absolute Gasteiger partial charge is 0.166 e. The van der Waals surface area contributed by atoms with Crippen LogP contribution in [-0.2, 0) is 0 Å². The van der Waals surface area contributed by atoms with Gasteiger partial charge >= 0.3 is 0 Å². The molecule has 8 rings (SSSR count). The van der Waals surface area contributed by atoms with Crippen molar-refractivity contribution in [3.63, 3.8) is 0 Å². The molecule has 45 heavy (non-hydrogen) atoms. The maximum Gasteiger partial charge on any atom is 0.166 e. The monoisotopic (exact) mass is 603 g/mol. The Balaban J connectivity index is 1.48. The van der Waals surface area contributed by atoms with Gasteiger partial charge in [-0.3, -0.25) is 0 Å². The first-order valence-corrected chi connectivity index (χ1v) is 15.3. The molecule has 0 spiro atoms. The van der Waals surface area contributed by atoms with Crippen LogP contribution in [-0.4, -0.2) is 15.4 Å². The normalized spacial score (nSPS) is 11.3. The maximum absolute atomic E-state index is 15.2. The Kier molecular flexibility index (Phi) is 6.69. The van der Waals surface area contributed by atoms with Gasteiger partial charge in [0.05, 0.1) is 6.20 Å². The van der Waals surface area contributed by atoms with Gasteiger partial charge in [0.25, 0.3) is 0 Å². The molecule has 6 heteroatoms. The summed E-state index contributed by atoms with van der Waals surface area (Å²) in [5, 5.41) is 14.6. The van der Waals surface area contributed by atoms with E-state index in [1.165, 1.54) is 23.0 Å². The number of thiophene rings is 1. The minimum atomic E-state index is -0.950. The van der Waals surface area contributed by atoms with Crippen molar-refractivity contribution in [1.82, 2.24) is 15.4 Å². The van der Waals surface area contributed by atoms with E-state index >= 15 is 4.39 Å². The molecule has 2 aromatic heterocycles. The third-order valence-electron chi connectivity index (χ3n) is 8.18. The highest BCUT2D eigenvalue weighted by Crippen LogP contribution is 2.49. The molecule has 2 heterocycles. The molecule has 214 valence electrons. The molecule has 0 unspecified atom stereocenters. The lowest BCUT2D eigenvalue weighted by Crippen LogP contribution is -1.99. The molecule has 8 aromatic rings. The quantitative estimate of drug-likeness (QED) is 0.196. The highest BCUT2D eigenvalue weighted by molar-refractivity contribution is 7.26. The van der Waals surface area contributed by atoms with Gasteiger partial charge in [-0.1, -0.05) is 115 Å². The van der Waals surface area contributed by atoms with E-state index in [0.29, 0.717) is 11.3 Å². The van der Waals surface area contributed by atoms with Crippen molar-refractivity contribution >= 4 is 31.5 Å². The van der Waals surface area contributed by atoms with Crippen molar-refractivity contribution in [2.45, 2.75) is 0 Å². The molecule has 3 nitrogen and oxygen atoms in total. The summed E-state index contributed by atoms with van der Waals surface area (Å²) in [6.45, 7) is 0. The zero-order valence-corrected chi connectivity index (χ0v) is 24.6. The molecule has 0 radical (unpaired) electrons. The van der Waals surface area contributed by atoms with Gasteiger partial charge in [-0.15, -0.1) is 21.5 Å². The second kappa shape index (κ2) is 11.2. The summed E-state index contributed by atoms with van der Waals surface area (Å²) < 4.78 is 31.9. The van der Waals surface area contributed by atoms with Gasteiger partial charge in [0.15, 0.2) is 11.6 Å². The molecular formula is C39H23F2N3S. The number of hydrogen-bond acceptors (Lipinski definition) is 4. The third-order valence-corrected chi connectivity index (χ3v) is 9.31. The average Bonchev–Trinajstić information content (AvgIpc) is 3.48. The van der Waals surface area contributed by atoms with E-state index in [9.17, 15) is 4.39 Å². The van der Waals surface area contributed by atoms with Crippen molar-refractivity contribution in [3.8, 4) is 55.8 Å². The zero-order chi connectivity index (χ0) is 30.3. The van der Waals surface area contributed by atoms with E-state index in [4.69, 9.17) is 0 Å². The summed E-state index contributed by atoms with van der Waals surface area (Å²) in [4.78, 5) is 0. The third kappa shape index (κ3) is 4.58. The van der Waals surface area contributed by atoms with Crippen LogP contribution in [0.1, 0.15) is 0 Å². The van der Waals surface area contributed by atoms with E-state index < -0.39 is 11.6 Å². The first-order chi connectivity index (χ1) is 22.2. The lowest BCUT2D eigenvalue weighted by atomic mass is 9.84. The standard InChI is InChI=1S/C39H23F2N3S/c40-33-19-10-18-29(38(33)41)32-23-42-44-43-39(32)30-16-7-6-15-27(30)36-28(21-22-35-37(36)31-17-8-9-20-34(31)45-35)26-14-5-4-13-25(26)24-11-2-1-3-12-24/h1-23H. The van der Waals surface area contributed by atoms with Crippen LogP contribution in [0.2, 0.25) is 0 Å². The van der Waals surface area contributed by atoms with Crippen LogP contribution in [0.4, 0.5) is 8.78 Å². The lowest BCUT2D eigenvalue weighted by Gasteiger charge is -2.19. The molecule has 0 aliphatic carbocycles. The molecular weight excluding hydrogens is 581 g/mol. The first-order valence-electron chi connectivity index (χ1n) is 14.5. The topological polar surface area (TPSA) is 38.7 Å². The first kappa shape index (κ1) is 27.0. The number of fused-ring (bicyclic) bond motifs is 3. The molecule has 0 aliphatic rings. The molecule has 0 fully saturated rings. The van der Waals surface area contributed by atoms with Gasteiger partial charge in [0.1, 0.15) is 5.69 Å². The van der Waals surface area contributed by atoms with Gasteiger partial charge in [-0.05, 0) is 56.8 Å². The van der Waals surface area contributed by atoms with Gasteiger partial charge in [-0.25, -0.2) is 8.78 Å². The molecule has 0 bridgehead atoms. The molecule has 0 atom stereocenters. The highest BCUT2D eigenvalue weighted by Gasteiger charge is 2.23. The maximum atomic E-state index is 15.2. The Bertz CT molecular complexity index is 2370. The number of aromatic nitrogens is 3. The molecule has 0 amide bonds. The van der Waals surface area contributed by atoms with Gasteiger partial charge < -0.3 is 0 Å². The van der Waals surface area contributed by atoms with Crippen LogP contribution in [0.5, 0.6) is 0 Å². The van der Waals surface area contributed by atoms with E-state index in [1.54, 1.807) is 11.3 Å². The predicted octanol–water partition coefficient (Wildman–Crippen LogP) is 10.9. The Morgan fingerprint density at radius 1 is 0.489 bits per heavy atom. The van der Waals surface area contributed by atoms with Gasteiger partial charge in [0.2, 0.25) is 0 Å². The Hall–Kier alpha value is -5.59. The van der Waals surface area contributed by atoms with Crippen LogP contribution >= 0.6 is 11.3 Å². The fourth-order valence-electron chi connectivity index (χ4n) is 6.19. The summed E-state index contributed by atoms with van der Waals surface area (Å²) >= 11 is 1.75. The summed E-state index contributed by atoms with van der Waals surface area (Å²) in [7, 11) is 0. The number of rotatable bonds is 5. The van der Waals surface area contributed by atoms with Crippen LogP contribution < -0.4 is 0 Å². The lowest BCUT2D eigenvalue weighted by molar-refractivity contribution is 0.511. The summed E-state index contributed by atoms with van der Waals surface area (Å²) in [6.07, 6.45) is 1.45. The summed E-state index contributed by atoms with van der Waals surface area (Å²) in [6, 6.07) is 43.7. The van der Waals surface area contributed by atoms with Crippen molar-refractivity contribution < 1.29 is 8.78 Å². The van der Waals surface area contributed by atoms with E-state index in [-0.39, 0.29) is 5.56 Å². The molecule has 0 saturated carbocycles. The van der Waals surface area contributed by atoms with Crippen molar-refractivity contribution in [3.05, 3.63) is 151 Å². The Labute approximate surface area is 262 Å².